The van der Waals surface area contributed by atoms with Crippen molar-refractivity contribution in [2.45, 2.75) is 84.4 Å². The smallest absolute Gasteiger partial charge is 0.452 e. The van der Waals surface area contributed by atoms with E-state index in [0.717, 1.165) is 0 Å². The van der Waals surface area contributed by atoms with Gasteiger partial charge in [0.05, 0.1) is 6.61 Å². The van der Waals surface area contributed by atoms with Crippen molar-refractivity contribution >= 4 is 20.5 Å². The minimum absolute atomic E-state index is 0.178. The standard InChI is InChI=1S/C16H32N2O4Si/c1-11-21-12(19)17-18-13(20)22-23(14(2,3)4,15(5,6)7)16(8,9)10/h11H2,1-10H3/b18-17+. The number of amides is 2. The fourth-order valence-electron chi connectivity index (χ4n) is 4.22. The molecule has 0 radical (unpaired) electrons. The van der Waals surface area contributed by atoms with Gasteiger partial charge >= 0.3 is 12.2 Å². The topological polar surface area (TPSA) is 77.3 Å². The lowest BCUT2D eigenvalue weighted by molar-refractivity contribution is 0.159. The molecule has 0 unspecified atom stereocenters. The Morgan fingerprint density at radius 2 is 1.13 bits per heavy atom. The molecule has 23 heavy (non-hydrogen) atoms. The lowest BCUT2D eigenvalue weighted by atomic mass is 10.2. The number of hydrogen-bond donors (Lipinski definition) is 0. The zero-order valence-corrected chi connectivity index (χ0v) is 17.2. The molecule has 7 heteroatoms. The molecule has 2 amide bonds. The van der Waals surface area contributed by atoms with Gasteiger partial charge in [0.25, 0.3) is 8.32 Å². The van der Waals surface area contributed by atoms with Gasteiger partial charge in [0.2, 0.25) is 0 Å². The number of carbonyl (C=O) groups is 2. The Kier molecular flexibility index (Phi) is 6.73. The van der Waals surface area contributed by atoms with Crippen LogP contribution in [-0.4, -0.2) is 27.1 Å². The van der Waals surface area contributed by atoms with E-state index in [9.17, 15) is 9.59 Å². The first-order chi connectivity index (χ1) is 10.1. The molecule has 134 valence electrons. The molecule has 0 aliphatic rings. The molecule has 0 spiro atoms. The third kappa shape index (κ3) is 4.86. The van der Waals surface area contributed by atoms with Crippen molar-refractivity contribution in [2.24, 2.45) is 10.2 Å². The maximum Gasteiger partial charge on any atom is 0.452 e. The van der Waals surface area contributed by atoms with E-state index in [1.807, 2.05) is 0 Å². The zero-order chi connectivity index (χ0) is 18.7. The molecule has 0 aromatic carbocycles. The van der Waals surface area contributed by atoms with Crippen LogP contribution in [0.5, 0.6) is 0 Å². The maximum absolute atomic E-state index is 12.3. The zero-order valence-electron chi connectivity index (χ0n) is 16.2. The van der Waals surface area contributed by atoms with Gasteiger partial charge < -0.3 is 9.16 Å². The molecule has 0 heterocycles. The third-order valence-corrected chi connectivity index (χ3v) is 10.7. The molecule has 0 aliphatic heterocycles. The van der Waals surface area contributed by atoms with E-state index in [0.29, 0.717) is 0 Å². The van der Waals surface area contributed by atoms with Crippen LogP contribution >= 0.6 is 0 Å². The van der Waals surface area contributed by atoms with Crippen molar-refractivity contribution in [3.8, 4) is 0 Å². The van der Waals surface area contributed by atoms with Gasteiger partial charge in [0, 0.05) is 0 Å². The van der Waals surface area contributed by atoms with Crippen LogP contribution in [0.2, 0.25) is 15.1 Å². The second kappa shape index (κ2) is 7.11. The molecule has 0 rings (SSSR count). The molecule has 0 atom stereocenters. The quantitative estimate of drug-likeness (QED) is 0.449. The van der Waals surface area contributed by atoms with Crippen molar-refractivity contribution in [1.82, 2.24) is 0 Å². The van der Waals surface area contributed by atoms with E-state index in [4.69, 9.17) is 4.43 Å². The Morgan fingerprint density at radius 1 is 0.783 bits per heavy atom. The van der Waals surface area contributed by atoms with E-state index in [1.165, 1.54) is 0 Å². The fourth-order valence-corrected chi connectivity index (χ4v) is 12.2. The summed E-state index contributed by atoms with van der Waals surface area (Å²) in [5.74, 6) is 0. The Hall–Kier alpha value is -1.24. The van der Waals surface area contributed by atoms with E-state index in [2.05, 4.69) is 77.3 Å². The molecular formula is C16H32N2O4Si. The Balaban J connectivity index is 5.76. The van der Waals surface area contributed by atoms with Crippen LogP contribution in [0.3, 0.4) is 0 Å². The molecule has 6 nitrogen and oxygen atoms in total. The van der Waals surface area contributed by atoms with Crippen molar-refractivity contribution in [3.05, 3.63) is 0 Å². The first kappa shape index (κ1) is 21.8. The molecule has 0 aromatic rings. The van der Waals surface area contributed by atoms with Crippen molar-refractivity contribution in [3.63, 3.8) is 0 Å². The molecule has 0 aliphatic carbocycles. The number of azo groups is 1. The van der Waals surface area contributed by atoms with Gasteiger partial charge in [-0.15, -0.1) is 0 Å². The predicted octanol–water partition coefficient (Wildman–Crippen LogP) is 6.08. The van der Waals surface area contributed by atoms with Crippen LogP contribution < -0.4 is 0 Å². The van der Waals surface area contributed by atoms with E-state index < -0.39 is 20.5 Å². The third-order valence-electron chi connectivity index (χ3n) is 3.89. The summed E-state index contributed by atoms with van der Waals surface area (Å²) in [5, 5.41) is 5.98. The second-order valence-electron chi connectivity index (χ2n) is 8.70. The van der Waals surface area contributed by atoms with Crippen molar-refractivity contribution in [1.29, 1.82) is 0 Å². The van der Waals surface area contributed by atoms with Crippen molar-refractivity contribution in [2.75, 3.05) is 6.61 Å². The predicted molar refractivity (Wildman–Crippen MR) is 93.3 cm³/mol. The number of ether oxygens (including phenoxy) is 1. The van der Waals surface area contributed by atoms with Crippen LogP contribution in [0, 0.1) is 0 Å². The van der Waals surface area contributed by atoms with Crippen LogP contribution in [0.15, 0.2) is 10.2 Å². The van der Waals surface area contributed by atoms with Crippen LogP contribution in [0.25, 0.3) is 0 Å². The van der Waals surface area contributed by atoms with Gasteiger partial charge in [-0.3, -0.25) is 0 Å². The average Bonchev–Trinajstić information content (AvgIpc) is 2.29. The van der Waals surface area contributed by atoms with E-state index in [-0.39, 0.29) is 21.7 Å². The van der Waals surface area contributed by atoms with Gasteiger partial charge in [-0.05, 0) is 22.0 Å². The van der Waals surface area contributed by atoms with Crippen LogP contribution in [0.1, 0.15) is 69.2 Å². The lowest BCUT2D eigenvalue weighted by Crippen LogP contribution is -2.61. The summed E-state index contributed by atoms with van der Waals surface area (Å²) in [4.78, 5) is 23.5. The van der Waals surface area contributed by atoms with E-state index >= 15 is 0 Å². The van der Waals surface area contributed by atoms with Gasteiger partial charge in [-0.25, -0.2) is 9.59 Å². The number of hydrogen-bond acceptors (Lipinski definition) is 4. The number of rotatable bonds is 2. The normalized spacial score (nSPS) is 14.0. The Labute approximate surface area is 141 Å². The van der Waals surface area contributed by atoms with Crippen LogP contribution in [-0.2, 0) is 9.16 Å². The molecule has 0 bridgehead atoms. The SMILES string of the molecule is CCOC(=O)/N=N/C(=O)O[Si](C(C)(C)C)(C(C)(C)C)C(C)(C)C. The molecule has 0 aromatic heterocycles. The van der Waals surface area contributed by atoms with Gasteiger partial charge in [-0.2, -0.15) is 0 Å². The average molecular weight is 345 g/mol. The maximum atomic E-state index is 12.3. The lowest BCUT2D eigenvalue weighted by Gasteiger charge is -2.56. The number of carbonyl (C=O) groups excluding carboxylic acids is 2. The Morgan fingerprint density at radius 3 is 1.43 bits per heavy atom. The summed E-state index contributed by atoms with van der Waals surface area (Å²) in [7, 11) is -2.71. The highest BCUT2D eigenvalue weighted by atomic mass is 28.4. The first-order valence-corrected chi connectivity index (χ1v) is 9.82. The molecular weight excluding hydrogens is 312 g/mol. The monoisotopic (exact) mass is 344 g/mol. The fraction of sp³-hybridized carbons (Fsp3) is 0.875. The van der Waals surface area contributed by atoms with Gasteiger partial charge in [-0.1, -0.05) is 72.5 Å². The highest BCUT2D eigenvalue weighted by Gasteiger charge is 2.64. The summed E-state index contributed by atoms with van der Waals surface area (Å²) >= 11 is 0. The van der Waals surface area contributed by atoms with E-state index in [1.54, 1.807) is 6.92 Å². The minimum atomic E-state index is -2.71. The molecule has 0 saturated heterocycles. The number of nitrogens with zero attached hydrogens (tertiary/aromatic N) is 2. The highest BCUT2D eigenvalue weighted by Crippen LogP contribution is 2.62. The second-order valence-corrected chi connectivity index (χ2v) is 14.8. The highest BCUT2D eigenvalue weighted by molar-refractivity contribution is 6.83. The minimum Gasteiger partial charge on any atom is -0.499 e. The Bertz CT molecular complexity index is 432. The molecule has 0 saturated carbocycles. The summed E-state index contributed by atoms with van der Waals surface area (Å²) < 4.78 is 10.6. The van der Waals surface area contributed by atoms with Crippen LogP contribution in [0.4, 0.5) is 9.59 Å². The van der Waals surface area contributed by atoms with Gasteiger partial charge in [0.1, 0.15) is 0 Å². The first-order valence-electron chi connectivity index (χ1n) is 7.91. The van der Waals surface area contributed by atoms with Crippen molar-refractivity contribution < 1.29 is 18.8 Å². The largest absolute Gasteiger partial charge is 0.499 e. The summed E-state index contributed by atoms with van der Waals surface area (Å²) in [5.41, 5.74) is 0. The summed E-state index contributed by atoms with van der Waals surface area (Å²) in [6.07, 6.45) is -1.72. The summed E-state index contributed by atoms with van der Waals surface area (Å²) in [6, 6.07) is 0. The molecule has 0 N–H and O–H groups in total. The molecule has 0 fully saturated rings. The van der Waals surface area contributed by atoms with Gasteiger partial charge in [0.15, 0.2) is 0 Å². The summed E-state index contributed by atoms with van der Waals surface area (Å²) in [6.45, 7) is 20.6.